The summed E-state index contributed by atoms with van der Waals surface area (Å²) in [5, 5.41) is 8.87. The summed E-state index contributed by atoms with van der Waals surface area (Å²) in [7, 11) is 3.86. The van der Waals surface area contributed by atoms with Crippen molar-refractivity contribution in [3.05, 3.63) is 35.0 Å². The molecule has 5 rings (SSSR count). The van der Waals surface area contributed by atoms with Gasteiger partial charge in [-0.15, -0.1) is 0 Å². The van der Waals surface area contributed by atoms with Gasteiger partial charge < -0.3 is 14.2 Å². The summed E-state index contributed by atoms with van der Waals surface area (Å²) in [6, 6.07) is 4.62. The molecule has 0 bridgehead atoms. The number of hydrogen-bond acceptors (Lipinski definition) is 3. The van der Waals surface area contributed by atoms with Crippen molar-refractivity contribution in [2.24, 2.45) is 7.05 Å². The van der Waals surface area contributed by atoms with Gasteiger partial charge in [0.05, 0.1) is 29.6 Å². The maximum absolute atomic E-state index is 13.9. The van der Waals surface area contributed by atoms with Crippen molar-refractivity contribution in [1.29, 1.82) is 0 Å². The van der Waals surface area contributed by atoms with Crippen LogP contribution in [-0.2, 0) is 34.8 Å². The first kappa shape index (κ1) is 21.3. The average Bonchev–Trinajstić information content (AvgIpc) is 3.36. The van der Waals surface area contributed by atoms with Gasteiger partial charge in [0.15, 0.2) is 0 Å². The topological polar surface area (TPSA) is 63.1 Å². The lowest BCUT2D eigenvalue weighted by molar-refractivity contribution is -0.123. The maximum Gasteiger partial charge on any atom is 0.237 e. The summed E-state index contributed by atoms with van der Waals surface area (Å²) in [5.74, 6) is 0.255. The molecule has 0 fully saturated rings. The minimum Gasteiger partial charge on any atom is -0.383 e. The van der Waals surface area contributed by atoms with E-state index in [9.17, 15) is 4.79 Å². The Hall–Kier alpha value is -2.60. The summed E-state index contributed by atoms with van der Waals surface area (Å²) >= 11 is 0. The molecule has 1 aliphatic carbocycles. The normalized spacial score (nSPS) is 16.9. The summed E-state index contributed by atoms with van der Waals surface area (Å²) < 4.78 is 7.69. The first-order valence-electron chi connectivity index (χ1n) is 12.1. The largest absolute Gasteiger partial charge is 0.383 e. The van der Waals surface area contributed by atoms with Gasteiger partial charge in [0.2, 0.25) is 5.91 Å². The van der Waals surface area contributed by atoms with Gasteiger partial charge in [0.1, 0.15) is 0 Å². The van der Waals surface area contributed by atoms with Gasteiger partial charge in [0.25, 0.3) is 0 Å². The van der Waals surface area contributed by atoms with E-state index in [-0.39, 0.29) is 5.91 Å². The molecule has 1 aromatic carbocycles. The number of aromatic nitrogens is 3. The molecule has 6 heteroatoms. The number of nitrogens with zero attached hydrogens (tertiary/aromatic N) is 3. The molecule has 170 valence electrons. The number of carbonyl (C=O) groups is 1. The van der Waals surface area contributed by atoms with Crippen molar-refractivity contribution in [3.8, 4) is 11.4 Å². The number of nitrogens with one attached hydrogen (secondary N) is 1. The van der Waals surface area contributed by atoms with Crippen molar-refractivity contribution in [1.82, 2.24) is 14.8 Å². The van der Waals surface area contributed by atoms with Gasteiger partial charge in [-0.1, -0.05) is 26.7 Å². The first-order valence-corrected chi connectivity index (χ1v) is 12.1. The number of fused-ring (bicyclic) bond motifs is 6. The zero-order chi connectivity index (χ0) is 22.5. The summed E-state index contributed by atoms with van der Waals surface area (Å²) in [6.45, 7) is 5.51. The molecule has 0 unspecified atom stereocenters. The van der Waals surface area contributed by atoms with Crippen molar-refractivity contribution >= 4 is 22.5 Å². The lowest BCUT2D eigenvalue weighted by Crippen LogP contribution is -2.41. The number of benzene rings is 1. The van der Waals surface area contributed by atoms with Crippen LogP contribution < -0.4 is 4.90 Å². The van der Waals surface area contributed by atoms with Gasteiger partial charge in [0, 0.05) is 37.3 Å². The predicted molar refractivity (Wildman–Crippen MR) is 128 cm³/mol. The highest BCUT2D eigenvalue weighted by Crippen LogP contribution is 2.50. The lowest BCUT2D eigenvalue weighted by Gasteiger charge is -2.28. The van der Waals surface area contributed by atoms with Crippen LogP contribution in [0.5, 0.6) is 0 Å². The summed E-state index contributed by atoms with van der Waals surface area (Å²) in [4.78, 5) is 15.9. The number of aryl methyl sites for hydroxylation is 3. The fourth-order valence-electron chi connectivity index (χ4n) is 6.24. The Balaban J connectivity index is 1.78. The standard InChI is InChI=1S/C26H34N4O2/c1-5-10-26(11-6-2)20-15-21-19(14-22(20)30(25(26)31)12-13-32-4)18-9-7-8-17-16-27-28-23(17)24(18)29(21)3/h14-16H,5-13H2,1-4H3,(H,27,28). The van der Waals surface area contributed by atoms with E-state index in [2.05, 4.69) is 47.8 Å². The summed E-state index contributed by atoms with van der Waals surface area (Å²) in [6.07, 6.45) is 8.91. The van der Waals surface area contributed by atoms with Gasteiger partial charge >= 0.3 is 0 Å². The van der Waals surface area contributed by atoms with Crippen LogP contribution in [0, 0.1) is 0 Å². The van der Waals surface area contributed by atoms with Crippen molar-refractivity contribution in [2.75, 3.05) is 25.2 Å². The molecule has 0 radical (unpaired) electrons. The lowest BCUT2D eigenvalue weighted by atomic mass is 9.74. The molecular formula is C26H34N4O2. The van der Waals surface area contributed by atoms with Crippen LogP contribution >= 0.6 is 0 Å². The smallest absolute Gasteiger partial charge is 0.237 e. The number of methoxy groups -OCH3 is 1. The number of aromatic amines is 1. The second kappa shape index (κ2) is 8.07. The van der Waals surface area contributed by atoms with E-state index in [1.807, 2.05) is 11.1 Å². The van der Waals surface area contributed by atoms with Crippen LogP contribution in [0.25, 0.3) is 22.3 Å². The minimum atomic E-state index is -0.429. The second-order valence-corrected chi connectivity index (χ2v) is 9.43. The molecule has 2 aromatic heterocycles. The molecule has 0 saturated carbocycles. The van der Waals surface area contributed by atoms with E-state index in [1.54, 1.807) is 7.11 Å². The third kappa shape index (κ3) is 2.88. The maximum atomic E-state index is 13.9. The third-order valence-corrected chi connectivity index (χ3v) is 7.58. The van der Waals surface area contributed by atoms with E-state index in [1.165, 1.54) is 33.3 Å². The molecule has 1 amide bonds. The van der Waals surface area contributed by atoms with Crippen LogP contribution in [-0.4, -0.2) is 40.9 Å². The Morgan fingerprint density at radius 2 is 1.97 bits per heavy atom. The highest BCUT2D eigenvalue weighted by molar-refractivity contribution is 6.11. The fourth-order valence-corrected chi connectivity index (χ4v) is 6.24. The monoisotopic (exact) mass is 434 g/mol. The Morgan fingerprint density at radius 1 is 1.19 bits per heavy atom. The van der Waals surface area contributed by atoms with E-state index >= 15 is 0 Å². The number of amides is 1. The zero-order valence-electron chi connectivity index (χ0n) is 19.8. The minimum absolute atomic E-state index is 0.255. The van der Waals surface area contributed by atoms with E-state index < -0.39 is 5.41 Å². The Morgan fingerprint density at radius 3 is 2.69 bits per heavy atom. The SMILES string of the molecule is CCCC1(CCC)C(=O)N(CCOC)c2cc3c4c(n(C)c3cc21)-c1[nH]ncc1CCC4. The molecule has 2 aliphatic rings. The summed E-state index contributed by atoms with van der Waals surface area (Å²) in [5.41, 5.74) is 8.15. The first-order chi connectivity index (χ1) is 15.6. The Kier molecular flexibility index (Phi) is 5.36. The molecular weight excluding hydrogens is 400 g/mol. The van der Waals surface area contributed by atoms with Crippen LogP contribution in [0.1, 0.15) is 62.6 Å². The number of H-pyrrole nitrogens is 1. The van der Waals surface area contributed by atoms with E-state index in [0.717, 1.165) is 56.3 Å². The molecule has 1 N–H and O–H groups in total. The molecule has 1 aliphatic heterocycles. The van der Waals surface area contributed by atoms with Crippen molar-refractivity contribution in [2.45, 2.75) is 64.2 Å². The van der Waals surface area contributed by atoms with Gasteiger partial charge in [-0.3, -0.25) is 9.89 Å². The van der Waals surface area contributed by atoms with Crippen molar-refractivity contribution < 1.29 is 9.53 Å². The van der Waals surface area contributed by atoms with Crippen LogP contribution in [0.15, 0.2) is 18.3 Å². The molecule has 0 spiro atoms. The molecule has 6 nitrogen and oxygen atoms in total. The quantitative estimate of drug-likeness (QED) is 0.576. The van der Waals surface area contributed by atoms with E-state index in [0.29, 0.717) is 13.2 Å². The number of carbonyl (C=O) groups excluding carboxylic acids is 1. The Bertz CT molecular complexity index is 1170. The number of rotatable bonds is 7. The zero-order valence-corrected chi connectivity index (χ0v) is 19.8. The number of ether oxygens (including phenoxy) is 1. The number of hydrogen-bond donors (Lipinski definition) is 1. The van der Waals surface area contributed by atoms with Crippen LogP contribution in [0.2, 0.25) is 0 Å². The van der Waals surface area contributed by atoms with Gasteiger partial charge in [-0.05, 0) is 60.9 Å². The second-order valence-electron chi connectivity index (χ2n) is 9.43. The highest BCUT2D eigenvalue weighted by atomic mass is 16.5. The molecule has 3 heterocycles. The molecule has 3 aromatic rings. The van der Waals surface area contributed by atoms with Crippen molar-refractivity contribution in [3.63, 3.8) is 0 Å². The van der Waals surface area contributed by atoms with Gasteiger partial charge in [-0.2, -0.15) is 5.10 Å². The molecule has 0 saturated heterocycles. The highest BCUT2D eigenvalue weighted by Gasteiger charge is 2.49. The van der Waals surface area contributed by atoms with Gasteiger partial charge in [-0.25, -0.2) is 0 Å². The third-order valence-electron chi connectivity index (χ3n) is 7.58. The molecule has 32 heavy (non-hydrogen) atoms. The fraction of sp³-hybridized carbons (Fsp3) is 0.538. The van der Waals surface area contributed by atoms with E-state index in [4.69, 9.17) is 4.74 Å². The van der Waals surface area contributed by atoms with Crippen LogP contribution in [0.3, 0.4) is 0 Å². The molecule has 0 atom stereocenters. The van der Waals surface area contributed by atoms with Crippen LogP contribution in [0.4, 0.5) is 5.69 Å². The average molecular weight is 435 g/mol. The Labute approximate surface area is 189 Å². The number of anilines is 1. The predicted octanol–water partition coefficient (Wildman–Crippen LogP) is 4.89.